The second-order valence-electron chi connectivity index (χ2n) is 6.90. The fraction of sp³-hybridized carbons (Fsp3) is 0.182. The molecule has 1 aliphatic rings. The predicted octanol–water partition coefficient (Wildman–Crippen LogP) is 5.81. The van der Waals surface area contributed by atoms with Gasteiger partial charge < -0.3 is 15.2 Å². The van der Waals surface area contributed by atoms with Crippen molar-refractivity contribution in [3.05, 3.63) is 78.9 Å². The Morgan fingerprint density at radius 2 is 1.67 bits per heavy atom. The van der Waals surface area contributed by atoms with Gasteiger partial charge in [-0.1, -0.05) is 48.5 Å². The van der Waals surface area contributed by atoms with Crippen LogP contribution < -0.4 is 5.32 Å². The number of nitrogens with one attached hydrogen (secondary N) is 1. The van der Waals surface area contributed by atoms with E-state index in [9.17, 15) is 14.7 Å². The number of hydrogen-bond donors (Lipinski definition) is 2. The van der Waals surface area contributed by atoms with Gasteiger partial charge in [0.2, 0.25) is 0 Å². The molecule has 1 heterocycles. The smallest absolute Gasteiger partial charge is 0.407 e. The Labute approximate surface area is 194 Å². The first kappa shape index (κ1) is 21.1. The van der Waals surface area contributed by atoms with E-state index in [1.807, 2.05) is 42.5 Å². The number of thiophene rings is 1. The summed E-state index contributed by atoms with van der Waals surface area (Å²) in [4.78, 5) is 24.9. The molecule has 0 saturated carbocycles. The summed E-state index contributed by atoms with van der Waals surface area (Å²) < 4.78 is 7.19. The maximum Gasteiger partial charge on any atom is 0.407 e. The number of carboxylic acids is 1. The van der Waals surface area contributed by atoms with Crippen LogP contribution in [-0.2, 0) is 16.0 Å². The Balaban J connectivity index is 1.43. The summed E-state index contributed by atoms with van der Waals surface area (Å²) in [7, 11) is 0. The van der Waals surface area contributed by atoms with Gasteiger partial charge in [0.05, 0.1) is 3.79 Å². The van der Waals surface area contributed by atoms with Crippen LogP contribution in [0.3, 0.4) is 0 Å². The quantitative estimate of drug-likeness (QED) is 0.406. The number of carbonyl (C=O) groups excluding carboxylic acids is 1. The van der Waals surface area contributed by atoms with Crippen molar-refractivity contribution in [3.63, 3.8) is 0 Å². The Hall–Kier alpha value is -2.16. The number of alkyl carbamates (subject to hydrolysis) is 1. The summed E-state index contributed by atoms with van der Waals surface area (Å²) >= 11 is 8.20. The van der Waals surface area contributed by atoms with Crippen molar-refractivity contribution in [2.75, 3.05) is 6.61 Å². The summed E-state index contributed by atoms with van der Waals surface area (Å²) in [6, 6.07) is 16.9. The first-order valence-corrected chi connectivity index (χ1v) is 11.6. The molecule has 0 spiro atoms. The number of amides is 1. The van der Waals surface area contributed by atoms with Crippen LogP contribution >= 0.6 is 43.2 Å². The monoisotopic (exact) mass is 549 g/mol. The highest BCUT2D eigenvalue weighted by molar-refractivity contribution is 9.13. The number of ether oxygens (including phenoxy) is 1. The SMILES string of the molecule is O=C(NC(Cc1cc(Br)c(Br)s1)C(=O)O)OCC1c2ccccc2-c2ccccc21. The number of fused-ring (bicyclic) bond motifs is 3. The largest absolute Gasteiger partial charge is 0.480 e. The Morgan fingerprint density at radius 3 is 2.20 bits per heavy atom. The van der Waals surface area contributed by atoms with Gasteiger partial charge in [-0.2, -0.15) is 0 Å². The summed E-state index contributed by atoms with van der Waals surface area (Å²) in [5.41, 5.74) is 4.49. The van der Waals surface area contributed by atoms with Gasteiger partial charge in [0, 0.05) is 21.7 Å². The molecule has 0 bridgehead atoms. The summed E-state index contributed by atoms with van der Waals surface area (Å²) in [6.07, 6.45) is -0.562. The number of hydrogen-bond acceptors (Lipinski definition) is 4. The topological polar surface area (TPSA) is 75.6 Å². The van der Waals surface area contributed by atoms with Crippen molar-refractivity contribution in [2.24, 2.45) is 0 Å². The second-order valence-corrected chi connectivity index (χ2v) is 10.2. The Bertz CT molecular complexity index is 1050. The summed E-state index contributed by atoms with van der Waals surface area (Å²) in [5, 5.41) is 12.0. The zero-order valence-electron chi connectivity index (χ0n) is 15.6. The van der Waals surface area contributed by atoms with E-state index in [2.05, 4.69) is 49.3 Å². The van der Waals surface area contributed by atoms with Gasteiger partial charge in [0.25, 0.3) is 0 Å². The van der Waals surface area contributed by atoms with E-state index in [4.69, 9.17) is 4.74 Å². The molecule has 2 N–H and O–H groups in total. The number of carboxylic acid groups (broad SMARTS) is 1. The minimum Gasteiger partial charge on any atom is -0.480 e. The third kappa shape index (κ3) is 4.31. The van der Waals surface area contributed by atoms with Gasteiger partial charge in [0.1, 0.15) is 12.6 Å². The highest BCUT2D eigenvalue weighted by atomic mass is 79.9. The van der Waals surface area contributed by atoms with Crippen LogP contribution in [-0.4, -0.2) is 29.8 Å². The molecule has 0 radical (unpaired) electrons. The molecule has 0 aliphatic heterocycles. The molecule has 1 aromatic heterocycles. The number of rotatable bonds is 6. The zero-order chi connectivity index (χ0) is 21.3. The van der Waals surface area contributed by atoms with Crippen molar-refractivity contribution in [2.45, 2.75) is 18.4 Å². The van der Waals surface area contributed by atoms with E-state index in [1.165, 1.54) is 11.3 Å². The third-order valence-electron chi connectivity index (χ3n) is 5.04. The lowest BCUT2D eigenvalue weighted by molar-refractivity contribution is -0.139. The molecule has 0 fully saturated rings. The highest BCUT2D eigenvalue weighted by Gasteiger charge is 2.30. The van der Waals surface area contributed by atoms with Gasteiger partial charge in [-0.25, -0.2) is 9.59 Å². The van der Waals surface area contributed by atoms with Gasteiger partial charge in [-0.15, -0.1) is 11.3 Å². The van der Waals surface area contributed by atoms with Crippen molar-refractivity contribution in [1.29, 1.82) is 0 Å². The Kier molecular flexibility index (Phi) is 6.26. The van der Waals surface area contributed by atoms with Gasteiger partial charge in [0.15, 0.2) is 0 Å². The van der Waals surface area contributed by atoms with Crippen molar-refractivity contribution in [3.8, 4) is 11.1 Å². The summed E-state index contributed by atoms with van der Waals surface area (Å²) in [5.74, 6) is -1.18. The second kappa shape index (κ2) is 8.91. The molecule has 0 saturated heterocycles. The van der Waals surface area contributed by atoms with E-state index >= 15 is 0 Å². The summed E-state index contributed by atoms with van der Waals surface area (Å²) in [6.45, 7) is 0.141. The maximum absolute atomic E-state index is 12.4. The molecule has 4 rings (SSSR count). The molecule has 154 valence electrons. The molecule has 30 heavy (non-hydrogen) atoms. The van der Waals surface area contributed by atoms with E-state index in [1.54, 1.807) is 0 Å². The average molecular weight is 551 g/mol. The fourth-order valence-electron chi connectivity index (χ4n) is 3.68. The first-order valence-electron chi connectivity index (χ1n) is 9.22. The third-order valence-corrected chi connectivity index (χ3v) is 8.31. The minimum atomic E-state index is -1.11. The number of benzene rings is 2. The highest BCUT2D eigenvalue weighted by Crippen LogP contribution is 2.44. The van der Waals surface area contributed by atoms with E-state index in [0.29, 0.717) is 0 Å². The standard InChI is InChI=1S/C22H17Br2NO4S/c23-18-9-12(30-20(18)24)10-19(21(26)27)25-22(28)29-11-17-15-7-3-1-5-13(15)14-6-2-4-8-16(14)17/h1-9,17,19H,10-11H2,(H,25,28)(H,26,27). The van der Waals surface area contributed by atoms with Crippen molar-refractivity contribution >= 4 is 55.3 Å². The molecular formula is C22H17Br2NO4S. The molecule has 8 heteroatoms. The normalized spacial score (nSPS) is 13.4. The van der Waals surface area contributed by atoms with Crippen LogP contribution in [0.1, 0.15) is 21.9 Å². The lowest BCUT2D eigenvalue weighted by atomic mass is 9.98. The average Bonchev–Trinajstić information content (AvgIpc) is 3.22. The van der Waals surface area contributed by atoms with E-state index in [0.717, 1.165) is 35.4 Å². The van der Waals surface area contributed by atoms with Crippen LogP contribution in [0.15, 0.2) is 62.9 Å². The van der Waals surface area contributed by atoms with Gasteiger partial charge in [-0.05, 0) is 60.2 Å². The fourth-order valence-corrected chi connectivity index (χ4v) is 5.90. The maximum atomic E-state index is 12.4. The zero-order valence-corrected chi connectivity index (χ0v) is 19.6. The minimum absolute atomic E-state index is 0.0735. The molecule has 1 amide bonds. The van der Waals surface area contributed by atoms with Gasteiger partial charge >= 0.3 is 12.1 Å². The molecule has 1 aliphatic carbocycles. The van der Waals surface area contributed by atoms with Crippen LogP contribution in [0, 0.1) is 0 Å². The number of aliphatic carboxylic acids is 1. The molecule has 5 nitrogen and oxygen atoms in total. The van der Waals surface area contributed by atoms with Crippen LogP contribution in [0.25, 0.3) is 11.1 Å². The van der Waals surface area contributed by atoms with E-state index in [-0.39, 0.29) is 18.9 Å². The van der Waals surface area contributed by atoms with E-state index < -0.39 is 18.1 Å². The number of halogens is 2. The van der Waals surface area contributed by atoms with Crippen molar-refractivity contribution < 1.29 is 19.4 Å². The predicted molar refractivity (Wildman–Crippen MR) is 123 cm³/mol. The van der Waals surface area contributed by atoms with Crippen LogP contribution in [0.4, 0.5) is 4.79 Å². The molecule has 1 atom stereocenters. The lowest BCUT2D eigenvalue weighted by Gasteiger charge is -2.17. The molecule has 2 aromatic carbocycles. The van der Waals surface area contributed by atoms with Crippen LogP contribution in [0.5, 0.6) is 0 Å². The Morgan fingerprint density at radius 1 is 1.07 bits per heavy atom. The molecule has 3 aromatic rings. The van der Waals surface area contributed by atoms with Gasteiger partial charge in [-0.3, -0.25) is 0 Å². The van der Waals surface area contributed by atoms with Crippen molar-refractivity contribution in [1.82, 2.24) is 5.32 Å². The first-order chi connectivity index (χ1) is 14.4. The molecular weight excluding hydrogens is 534 g/mol. The number of carbonyl (C=O) groups is 2. The molecule has 1 unspecified atom stereocenters. The van der Waals surface area contributed by atoms with Crippen LogP contribution in [0.2, 0.25) is 0 Å². The lowest BCUT2D eigenvalue weighted by Crippen LogP contribution is -2.42.